The quantitative estimate of drug-likeness (QED) is 0.617. The summed E-state index contributed by atoms with van der Waals surface area (Å²) in [4.78, 5) is 14.5. The van der Waals surface area contributed by atoms with E-state index in [9.17, 15) is 4.79 Å². The summed E-state index contributed by atoms with van der Waals surface area (Å²) in [7, 11) is 2.06. The van der Waals surface area contributed by atoms with Crippen LogP contribution in [0.1, 0.15) is 27.9 Å². The van der Waals surface area contributed by atoms with Gasteiger partial charge in [0.1, 0.15) is 18.2 Å². The van der Waals surface area contributed by atoms with Gasteiger partial charge in [-0.1, -0.05) is 35.5 Å². The molecule has 1 amide bonds. The number of rotatable bonds is 7. The standard InChI is InChI=1S/C22H25N5O4/c1-26(10-15-6-3-2-4-7-15)11-16-12-27(25-24-16)18-14-31-20-17(13-30-21(18)20)23-22(28)19-8-5-9-29-19/h2-9,12,17-18,20-21H,10-11,13-14H2,1H3,(H,23,28)/t17-,18+,20-,21+/m0/s1. The van der Waals surface area contributed by atoms with E-state index < -0.39 is 0 Å². The molecule has 9 nitrogen and oxygen atoms in total. The second kappa shape index (κ2) is 8.62. The van der Waals surface area contributed by atoms with Crippen molar-refractivity contribution in [3.8, 4) is 0 Å². The number of nitrogens with one attached hydrogen (secondary N) is 1. The Bertz CT molecular complexity index is 1010. The van der Waals surface area contributed by atoms with Gasteiger partial charge in [0, 0.05) is 13.1 Å². The summed E-state index contributed by atoms with van der Waals surface area (Å²) in [6.45, 7) is 2.38. The lowest BCUT2D eigenvalue weighted by atomic mass is 10.1. The average Bonchev–Trinajstić information content (AvgIpc) is 3.55. The number of aromatic nitrogens is 3. The fourth-order valence-corrected chi connectivity index (χ4v) is 4.25. The third-order valence-corrected chi connectivity index (χ3v) is 5.71. The first-order chi connectivity index (χ1) is 15.2. The predicted octanol–water partition coefficient (Wildman–Crippen LogP) is 1.64. The molecule has 2 aromatic heterocycles. The van der Waals surface area contributed by atoms with Gasteiger partial charge < -0.3 is 19.2 Å². The van der Waals surface area contributed by atoms with Crippen molar-refractivity contribution in [1.82, 2.24) is 25.2 Å². The number of hydrogen-bond donors (Lipinski definition) is 1. The van der Waals surface area contributed by atoms with Gasteiger partial charge in [-0.15, -0.1) is 5.10 Å². The SMILES string of the molecule is CN(Cc1ccccc1)Cc1cn([C@@H]2CO[C@@H]3[C@@H]2OC[C@@H]3NC(=O)c2ccco2)nn1. The third kappa shape index (κ3) is 4.25. The van der Waals surface area contributed by atoms with Crippen molar-refractivity contribution in [3.05, 3.63) is 71.9 Å². The van der Waals surface area contributed by atoms with Gasteiger partial charge in [-0.2, -0.15) is 0 Å². The maximum atomic E-state index is 12.3. The molecule has 2 saturated heterocycles. The molecule has 31 heavy (non-hydrogen) atoms. The van der Waals surface area contributed by atoms with Crippen LogP contribution in [-0.2, 0) is 22.6 Å². The minimum atomic E-state index is -0.268. The largest absolute Gasteiger partial charge is 0.459 e. The molecule has 0 radical (unpaired) electrons. The van der Waals surface area contributed by atoms with Crippen molar-refractivity contribution in [2.75, 3.05) is 20.3 Å². The van der Waals surface area contributed by atoms with E-state index in [4.69, 9.17) is 13.9 Å². The van der Waals surface area contributed by atoms with Crippen molar-refractivity contribution in [1.29, 1.82) is 0 Å². The zero-order chi connectivity index (χ0) is 21.2. The smallest absolute Gasteiger partial charge is 0.287 e. The molecular weight excluding hydrogens is 398 g/mol. The highest BCUT2D eigenvalue weighted by molar-refractivity contribution is 5.91. The number of amides is 1. The number of carbonyl (C=O) groups excluding carboxylic acids is 1. The van der Waals surface area contributed by atoms with Gasteiger partial charge in [0.25, 0.3) is 5.91 Å². The van der Waals surface area contributed by atoms with Crippen LogP contribution in [0.25, 0.3) is 0 Å². The van der Waals surface area contributed by atoms with Crippen LogP contribution in [0.5, 0.6) is 0 Å². The predicted molar refractivity (Wildman–Crippen MR) is 110 cm³/mol. The molecule has 4 atom stereocenters. The van der Waals surface area contributed by atoms with E-state index in [2.05, 4.69) is 39.7 Å². The minimum absolute atomic E-state index is 0.0730. The van der Waals surface area contributed by atoms with Crippen molar-refractivity contribution in [2.24, 2.45) is 0 Å². The molecule has 0 unspecified atom stereocenters. The zero-order valence-electron chi connectivity index (χ0n) is 17.3. The van der Waals surface area contributed by atoms with Gasteiger partial charge in [0.2, 0.25) is 0 Å². The highest BCUT2D eigenvalue weighted by Gasteiger charge is 2.49. The Morgan fingerprint density at radius 2 is 1.97 bits per heavy atom. The lowest BCUT2D eigenvalue weighted by Crippen LogP contribution is -2.44. The summed E-state index contributed by atoms with van der Waals surface area (Å²) >= 11 is 0. The van der Waals surface area contributed by atoms with Crippen molar-refractivity contribution in [2.45, 2.75) is 37.4 Å². The molecular formula is C22H25N5O4. The lowest BCUT2D eigenvalue weighted by molar-refractivity contribution is 0.0612. The molecule has 0 aliphatic carbocycles. The zero-order valence-corrected chi connectivity index (χ0v) is 17.3. The van der Waals surface area contributed by atoms with Gasteiger partial charge in [0.05, 0.1) is 37.4 Å². The fraction of sp³-hybridized carbons (Fsp3) is 0.409. The van der Waals surface area contributed by atoms with Crippen LogP contribution in [-0.4, -0.2) is 64.3 Å². The summed E-state index contributed by atoms with van der Waals surface area (Å²) in [6, 6.07) is 13.3. The molecule has 2 aliphatic rings. The van der Waals surface area contributed by atoms with Gasteiger partial charge in [-0.05, 0) is 24.7 Å². The van der Waals surface area contributed by atoms with Crippen molar-refractivity contribution < 1.29 is 18.7 Å². The van der Waals surface area contributed by atoms with Gasteiger partial charge in [-0.25, -0.2) is 4.68 Å². The Morgan fingerprint density at radius 1 is 1.13 bits per heavy atom. The van der Waals surface area contributed by atoms with E-state index in [0.29, 0.717) is 19.8 Å². The van der Waals surface area contributed by atoms with Gasteiger partial charge >= 0.3 is 0 Å². The van der Waals surface area contributed by atoms with E-state index >= 15 is 0 Å². The molecule has 0 spiro atoms. The molecule has 5 rings (SSSR count). The summed E-state index contributed by atoms with van der Waals surface area (Å²) < 4.78 is 18.9. The molecule has 4 heterocycles. The molecule has 9 heteroatoms. The van der Waals surface area contributed by atoms with E-state index in [0.717, 1.165) is 12.2 Å². The summed E-state index contributed by atoms with van der Waals surface area (Å²) in [6.07, 6.45) is 3.02. The average molecular weight is 423 g/mol. The summed E-state index contributed by atoms with van der Waals surface area (Å²) in [5.41, 5.74) is 2.15. The van der Waals surface area contributed by atoms with E-state index in [-0.39, 0.29) is 36.0 Å². The first-order valence-electron chi connectivity index (χ1n) is 10.4. The number of carbonyl (C=O) groups is 1. The van der Waals surface area contributed by atoms with Crippen LogP contribution < -0.4 is 5.32 Å². The van der Waals surface area contributed by atoms with Crippen molar-refractivity contribution >= 4 is 5.91 Å². The maximum Gasteiger partial charge on any atom is 0.287 e. The Labute approximate surface area is 179 Å². The molecule has 1 aromatic carbocycles. The number of hydrogen-bond acceptors (Lipinski definition) is 7. The Hall–Kier alpha value is -3.01. The molecule has 1 N–H and O–H groups in total. The highest BCUT2D eigenvalue weighted by Crippen LogP contribution is 2.34. The van der Waals surface area contributed by atoms with Gasteiger partial charge in [-0.3, -0.25) is 9.69 Å². The molecule has 0 bridgehead atoms. The van der Waals surface area contributed by atoms with Crippen LogP contribution in [0.4, 0.5) is 0 Å². The topological polar surface area (TPSA) is 94.7 Å². The van der Waals surface area contributed by atoms with E-state index in [1.54, 1.807) is 12.1 Å². The minimum Gasteiger partial charge on any atom is -0.459 e. The normalized spacial score (nSPS) is 25.1. The Balaban J connectivity index is 1.18. The first-order valence-corrected chi connectivity index (χ1v) is 10.4. The van der Waals surface area contributed by atoms with E-state index in [1.165, 1.54) is 11.8 Å². The number of benzene rings is 1. The van der Waals surface area contributed by atoms with Crippen molar-refractivity contribution in [3.63, 3.8) is 0 Å². The molecule has 162 valence electrons. The van der Waals surface area contributed by atoms with Crippen LogP contribution in [0.3, 0.4) is 0 Å². The fourth-order valence-electron chi connectivity index (χ4n) is 4.25. The second-order valence-corrected chi connectivity index (χ2v) is 8.07. The van der Waals surface area contributed by atoms with Crippen LogP contribution >= 0.6 is 0 Å². The summed E-state index contributed by atoms with van der Waals surface area (Å²) in [5, 5.41) is 11.6. The molecule has 2 aliphatic heterocycles. The first kappa shape index (κ1) is 19.9. The highest BCUT2D eigenvalue weighted by atomic mass is 16.6. The van der Waals surface area contributed by atoms with Gasteiger partial charge in [0.15, 0.2) is 5.76 Å². The maximum absolute atomic E-state index is 12.3. The molecule has 0 saturated carbocycles. The van der Waals surface area contributed by atoms with Crippen LogP contribution in [0, 0.1) is 0 Å². The molecule has 2 fully saturated rings. The summed E-state index contributed by atoms with van der Waals surface area (Å²) in [5.74, 6) is 0.00864. The number of nitrogens with zero attached hydrogens (tertiary/aromatic N) is 4. The Kier molecular flexibility index (Phi) is 5.54. The number of furan rings is 1. The van der Waals surface area contributed by atoms with Crippen LogP contribution in [0.2, 0.25) is 0 Å². The van der Waals surface area contributed by atoms with Crippen LogP contribution in [0.15, 0.2) is 59.3 Å². The lowest BCUT2D eigenvalue weighted by Gasteiger charge is -2.17. The third-order valence-electron chi connectivity index (χ3n) is 5.71. The number of ether oxygens (including phenoxy) is 2. The Morgan fingerprint density at radius 3 is 2.77 bits per heavy atom. The number of fused-ring (bicyclic) bond motifs is 1. The second-order valence-electron chi connectivity index (χ2n) is 8.07. The van der Waals surface area contributed by atoms with E-state index in [1.807, 2.05) is 29.1 Å². The monoisotopic (exact) mass is 423 g/mol. The molecule has 3 aromatic rings.